The Kier molecular flexibility index (Phi) is 15.3. The first kappa shape index (κ1) is 25.9. The van der Waals surface area contributed by atoms with Crippen LogP contribution in [-0.2, 0) is 16.0 Å². The normalized spacial score (nSPS) is 11.1. The number of benzene rings is 1. The van der Waals surface area contributed by atoms with E-state index in [9.17, 15) is 9.59 Å². The van der Waals surface area contributed by atoms with Crippen molar-refractivity contribution in [3.05, 3.63) is 42.0 Å². The number of rotatable bonds is 18. The zero-order chi connectivity index (χ0) is 21.9. The molecule has 0 unspecified atom stereocenters. The molecule has 0 aromatic heterocycles. The minimum atomic E-state index is -0.869. The number of aliphatic carboxylic acids is 1. The number of carboxylic acids is 1. The number of hydrogen-bond acceptors (Lipinski definition) is 2. The van der Waals surface area contributed by atoms with Crippen LogP contribution in [0.3, 0.4) is 0 Å². The number of allylic oxidation sites excluding steroid dienone is 2. The molecule has 0 saturated carbocycles. The van der Waals surface area contributed by atoms with E-state index in [0.717, 1.165) is 12.8 Å². The molecule has 0 heterocycles. The summed E-state index contributed by atoms with van der Waals surface area (Å²) in [6, 6.07) is 7.05. The quantitative estimate of drug-likeness (QED) is 0.195. The molecule has 0 spiro atoms. The van der Waals surface area contributed by atoms with E-state index in [1.807, 2.05) is 0 Å². The van der Waals surface area contributed by atoms with Crippen molar-refractivity contribution in [3.63, 3.8) is 0 Å². The first-order chi connectivity index (χ1) is 14.6. The number of nitrogens with one attached hydrogen (secondary N) is 1. The van der Waals surface area contributed by atoms with Crippen LogP contribution >= 0.6 is 0 Å². The van der Waals surface area contributed by atoms with Crippen molar-refractivity contribution in [1.29, 1.82) is 0 Å². The Morgan fingerprint density at radius 1 is 0.867 bits per heavy atom. The predicted octanol–water partition coefficient (Wildman–Crippen LogP) is 7.29. The molecule has 4 nitrogen and oxygen atoms in total. The Labute approximate surface area is 183 Å². The highest BCUT2D eigenvalue weighted by Gasteiger charge is 2.05. The third-order valence-electron chi connectivity index (χ3n) is 5.23. The van der Waals surface area contributed by atoms with Gasteiger partial charge in [0.2, 0.25) is 5.91 Å². The minimum absolute atomic E-state index is 0.0000948. The maximum absolute atomic E-state index is 12.0. The lowest BCUT2D eigenvalue weighted by atomic mass is 10.1. The van der Waals surface area contributed by atoms with Crippen LogP contribution in [0.4, 0.5) is 5.69 Å². The summed E-state index contributed by atoms with van der Waals surface area (Å²) in [5.41, 5.74) is 1.37. The first-order valence-corrected chi connectivity index (χ1v) is 11.9. The average molecular weight is 416 g/mol. The molecule has 0 aliphatic heterocycles. The van der Waals surface area contributed by atoms with Gasteiger partial charge in [-0.1, -0.05) is 82.6 Å². The highest BCUT2D eigenvalue weighted by Crippen LogP contribution is 2.13. The van der Waals surface area contributed by atoms with Crippen LogP contribution in [-0.4, -0.2) is 17.0 Å². The van der Waals surface area contributed by atoms with Crippen molar-refractivity contribution >= 4 is 17.6 Å². The zero-order valence-corrected chi connectivity index (χ0v) is 18.8. The van der Waals surface area contributed by atoms with Gasteiger partial charge < -0.3 is 10.4 Å². The number of anilines is 1. The molecule has 0 bridgehead atoms. The summed E-state index contributed by atoms with van der Waals surface area (Å²) in [6.45, 7) is 2.26. The van der Waals surface area contributed by atoms with Crippen molar-refractivity contribution in [2.75, 3.05) is 5.32 Å². The zero-order valence-electron chi connectivity index (χ0n) is 18.8. The van der Waals surface area contributed by atoms with Crippen LogP contribution in [0.1, 0.15) is 102 Å². The van der Waals surface area contributed by atoms with Gasteiger partial charge in [-0.3, -0.25) is 9.59 Å². The van der Waals surface area contributed by atoms with Crippen molar-refractivity contribution in [3.8, 4) is 0 Å². The van der Waals surface area contributed by atoms with Crippen LogP contribution in [0.2, 0.25) is 0 Å². The second-order valence-corrected chi connectivity index (χ2v) is 8.15. The Hall–Kier alpha value is -2.10. The Morgan fingerprint density at radius 2 is 1.47 bits per heavy atom. The van der Waals surface area contributed by atoms with Gasteiger partial charge in [0.05, 0.1) is 6.42 Å². The Balaban J connectivity index is 1.97. The Morgan fingerprint density at radius 3 is 2.10 bits per heavy atom. The van der Waals surface area contributed by atoms with Gasteiger partial charge in [0.25, 0.3) is 0 Å². The number of unbranched alkanes of at least 4 members (excludes halogenated alkanes) is 11. The second-order valence-electron chi connectivity index (χ2n) is 8.15. The van der Waals surface area contributed by atoms with E-state index in [-0.39, 0.29) is 12.3 Å². The smallest absolute Gasteiger partial charge is 0.307 e. The molecule has 0 radical (unpaired) electrons. The van der Waals surface area contributed by atoms with Crippen molar-refractivity contribution in [2.24, 2.45) is 0 Å². The van der Waals surface area contributed by atoms with Gasteiger partial charge in [0.15, 0.2) is 0 Å². The van der Waals surface area contributed by atoms with E-state index in [0.29, 0.717) is 17.7 Å². The lowest BCUT2D eigenvalue weighted by Gasteiger charge is -2.07. The molecular weight excluding hydrogens is 374 g/mol. The van der Waals surface area contributed by atoms with Gasteiger partial charge in [-0.25, -0.2) is 0 Å². The summed E-state index contributed by atoms with van der Waals surface area (Å²) >= 11 is 0. The van der Waals surface area contributed by atoms with Gasteiger partial charge >= 0.3 is 5.97 Å². The first-order valence-electron chi connectivity index (χ1n) is 11.9. The predicted molar refractivity (Wildman–Crippen MR) is 126 cm³/mol. The average Bonchev–Trinajstić information content (AvgIpc) is 2.70. The summed E-state index contributed by atoms with van der Waals surface area (Å²) in [6.07, 6.45) is 21.3. The van der Waals surface area contributed by atoms with Crippen LogP contribution in [0.5, 0.6) is 0 Å². The van der Waals surface area contributed by atoms with E-state index in [4.69, 9.17) is 5.11 Å². The molecule has 1 rings (SSSR count). The topological polar surface area (TPSA) is 66.4 Å². The van der Waals surface area contributed by atoms with Gasteiger partial charge in [-0.15, -0.1) is 0 Å². The standard InChI is InChI=1S/C26H41NO3/c1-2-3-4-5-6-7-8-9-10-11-12-13-14-15-16-20-25(28)27-24-19-17-18-23(21-24)22-26(29)30/h9-10,17-19,21H,2-8,11-16,20,22H2,1H3,(H,27,28)(H,29,30). The van der Waals surface area contributed by atoms with Crippen molar-refractivity contribution in [1.82, 2.24) is 0 Å². The summed E-state index contributed by atoms with van der Waals surface area (Å²) in [7, 11) is 0. The molecule has 0 saturated heterocycles. The van der Waals surface area contributed by atoms with E-state index >= 15 is 0 Å². The SMILES string of the molecule is CCCCCCCCC=CCCCCCCCC(=O)Nc1cccc(CC(=O)O)c1. The highest BCUT2D eigenvalue weighted by atomic mass is 16.4. The summed E-state index contributed by atoms with van der Waals surface area (Å²) < 4.78 is 0. The molecule has 1 amide bonds. The second kappa shape index (κ2) is 17.7. The maximum atomic E-state index is 12.0. The number of carbonyl (C=O) groups excluding carboxylic acids is 1. The molecule has 168 valence electrons. The van der Waals surface area contributed by atoms with Crippen LogP contribution in [0.25, 0.3) is 0 Å². The summed E-state index contributed by atoms with van der Waals surface area (Å²) in [5, 5.41) is 11.7. The van der Waals surface area contributed by atoms with Gasteiger partial charge in [-0.05, 0) is 49.8 Å². The molecule has 0 aliphatic carbocycles. The van der Waals surface area contributed by atoms with Gasteiger partial charge in [0.1, 0.15) is 0 Å². The number of hydrogen-bond donors (Lipinski definition) is 2. The van der Waals surface area contributed by atoms with Crippen molar-refractivity contribution in [2.45, 2.75) is 103 Å². The van der Waals surface area contributed by atoms with Crippen molar-refractivity contribution < 1.29 is 14.7 Å². The molecular formula is C26H41NO3. The summed E-state index contributed by atoms with van der Waals surface area (Å²) in [5.74, 6) is -0.869. The molecule has 30 heavy (non-hydrogen) atoms. The van der Waals surface area contributed by atoms with Gasteiger partial charge in [0, 0.05) is 12.1 Å². The number of carboxylic acid groups (broad SMARTS) is 1. The molecule has 0 aliphatic rings. The molecule has 1 aromatic rings. The van der Waals surface area contributed by atoms with E-state index in [1.54, 1.807) is 24.3 Å². The fourth-order valence-corrected chi connectivity index (χ4v) is 3.51. The monoisotopic (exact) mass is 415 g/mol. The van der Waals surface area contributed by atoms with E-state index < -0.39 is 5.97 Å². The molecule has 0 atom stereocenters. The number of amides is 1. The lowest BCUT2D eigenvalue weighted by Crippen LogP contribution is -2.11. The molecule has 4 heteroatoms. The number of carbonyl (C=O) groups is 2. The van der Waals surface area contributed by atoms with E-state index in [1.165, 1.54) is 70.6 Å². The largest absolute Gasteiger partial charge is 0.481 e. The van der Waals surface area contributed by atoms with E-state index in [2.05, 4.69) is 24.4 Å². The molecule has 2 N–H and O–H groups in total. The van der Waals surface area contributed by atoms with Crippen LogP contribution < -0.4 is 5.32 Å². The fourth-order valence-electron chi connectivity index (χ4n) is 3.51. The van der Waals surface area contributed by atoms with Gasteiger partial charge in [-0.2, -0.15) is 0 Å². The highest BCUT2D eigenvalue weighted by molar-refractivity contribution is 5.90. The molecule has 0 fully saturated rings. The Bertz CT molecular complexity index is 624. The molecule has 1 aromatic carbocycles. The van der Waals surface area contributed by atoms with Crippen LogP contribution in [0.15, 0.2) is 36.4 Å². The van der Waals surface area contributed by atoms with Crippen LogP contribution in [0, 0.1) is 0 Å². The maximum Gasteiger partial charge on any atom is 0.307 e. The lowest BCUT2D eigenvalue weighted by molar-refractivity contribution is -0.136. The fraction of sp³-hybridized carbons (Fsp3) is 0.615. The third-order valence-corrected chi connectivity index (χ3v) is 5.23. The minimum Gasteiger partial charge on any atom is -0.481 e. The summed E-state index contributed by atoms with van der Waals surface area (Å²) in [4.78, 5) is 22.8. The third kappa shape index (κ3) is 14.8.